The Labute approximate surface area is 203 Å². The van der Waals surface area contributed by atoms with E-state index in [0.717, 1.165) is 33.9 Å². The fraction of sp³-hybridized carbons (Fsp3) is 0.250. The Hall–Kier alpha value is -3.08. The Balaban J connectivity index is 1.58. The molecule has 3 aromatic heterocycles. The molecule has 0 aliphatic heterocycles. The van der Waals surface area contributed by atoms with Crippen molar-refractivity contribution in [1.82, 2.24) is 9.97 Å². The van der Waals surface area contributed by atoms with Crippen molar-refractivity contribution in [3.63, 3.8) is 0 Å². The number of Topliss-reactive ketones (excluding diaryl/α,β-unsaturated/α-hetero) is 1. The number of aryl methyl sites for hydroxylation is 1. The van der Waals surface area contributed by atoms with Gasteiger partial charge in [0.25, 0.3) is 0 Å². The Morgan fingerprint density at radius 1 is 1.18 bits per heavy atom. The van der Waals surface area contributed by atoms with Crippen molar-refractivity contribution in [3.8, 4) is 0 Å². The summed E-state index contributed by atoms with van der Waals surface area (Å²) in [6, 6.07) is 6.89. The summed E-state index contributed by atoms with van der Waals surface area (Å²) in [5.74, 6) is -1.20. The number of hydrazone groups is 1. The molecule has 0 aliphatic carbocycles. The van der Waals surface area contributed by atoms with Crippen molar-refractivity contribution in [2.24, 2.45) is 10.5 Å². The third-order valence-electron chi connectivity index (χ3n) is 5.10. The first-order valence-corrected chi connectivity index (χ1v) is 12.0. The lowest BCUT2D eigenvalue weighted by Crippen LogP contribution is -2.18. The van der Waals surface area contributed by atoms with Gasteiger partial charge in [0.2, 0.25) is 0 Å². The van der Waals surface area contributed by atoms with E-state index in [-0.39, 0.29) is 5.78 Å². The number of thiophene rings is 2. The number of rotatable bonds is 6. The number of fused-ring (bicyclic) bond motifs is 1. The molecule has 34 heavy (non-hydrogen) atoms. The maximum Gasteiger partial charge on any atom is 0.178 e. The van der Waals surface area contributed by atoms with Crippen molar-refractivity contribution in [2.45, 2.75) is 33.8 Å². The Bertz CT molecular complexity index is 1390. The lowest BCUT2D eigenvalue weighted by Gasteiger charge is -2.14. The summed E-state index contributed by atoms with van der Waals surface area (Å²) in [5, 5.41) is 15.4. The van der Waals surface area contributed by atoms with Gasteiger partial charge in [-0.25, -0.2) is 18.7 Å². The maximum absolute atomic E-state index is 14.1. The van der Waals surface area contributed by atoms with Crippen molar-refractivity contribution in [2.75, 3.05) is 5.43 Å². The summed E-state index contributed by atoms with van der Waals surface area (Å²) >= 11 is 2.48. The summed E-state index contributed by atoms with van der Waals surface area (Å²) in [7, 11) is 0. The monoisotopic (exact) mass is 500 g/mol. The summed E-state index contributed by atoms with van der Waals surface area (Å²) < 4.78 is 28.2. The van der Waals surface area contributed by atoms with Gasteiger partial charge in [-0.1, -0.05) is 26.8 Å². The molecule has 1 atom stereocenters. The van der Waals surface area contributed by atoms with Crippen LogP contribution >= 0.6 is 22.7 Å². The van der Waals surface area contributed by atoms with E-state index in [1.807, 2.05) is 33.8 Å². The first kappa shape index (κ1) is 24.1. The number of aromatic nitrogens is 2. The second-order valence-corrected chi connectivity index (χ2v) is 10.9. The summed E-state index contributed by atoms with van der Waals surface area (Å²) in [5.41, 5.74) is 2.92. The molecular weight excluding hydrogens is 478 g/mol. The highest BCUT2D eigenvalue weighted by Crippen LogP contribution is 2.36. The topological polar surface area (TPSA) is 87.5 Å². The van der Waals surface area contributed by atoms with Gasteiger partial charge in [0.15, 0.2) is 11.6 Å². The Kier molecular flexibility index (Phi) is 6.57. The first-order valence-electron chi connectivity index (χ1n) is 10.4. The van der Waals surface area contributed by atoms with E-state index in [2.05, 4.69) is 20.5 Å². The number of aliphatic hydroxyl groups is 1. The molecule has 2 N–H and O–H groups in total. The number of anilines is 1. The zero-order valence-corrected chi connectivity index (χ0v) is 20.5. The van der Waals surface area contributed by atoms with Crippen LogP contribution < -0.4 is 5.43 Å². The number of nitrogens with one attached hydrogen (secondary N) is 1. The van der Waals surface area contributed by atoms with Crippen molar-refractivity contribution in [1.29, 1.82) is 0 Å². The van der Waals surface area contributed by atoms with E-state index in [0.29, 0.717) is 25.8 Å². The predicted octanol–water partition coefficient (Wildman–Crippen LogP) is 6.10. The zero-order valence-electron chi connectivity index (χ0n) is 18.9. The van der Waals surface area contributed by atoms with E-state index in [1.165, 1.54) is 23.7 Å². The minimum Gasteiger partial charge on any atom is -0.383 e. The molecule has 0 saturated heterocycles. The van der Waals surface area contributed by atoms with Crippen LogP contribution in [-0.4, -0.2) is 27.1 Å². The van der Waals surface area contributed by atoms with Gasteiger partial charge in [-0.3, -0.25) is 10.2 Å². The molecule has 6 nitrogen and oxygen atoms in total. The molecule has 0 bridgehead atoms. The number of benzene rings is 1. The molecule has 0 fully saturated rings. The van der Waals surface area contributed by atoms with Gasteiger partial charge in [-0.2, -0.15) is 5.10 Å². The number of carbonyl (C=O) groups is 1. The molecule has 4 rings (SSSR count). The molecule has 3 heterocycles. The van der Waals surface area contributed by atoms with Crippen molar-refractivity contribution >= 4 is 50.7 Å². The Morgan fingerprint density at radius 2 is 1.88 bits per heavy atom. The normalized spacial score (nSPS) is 13.0. The van der Waals surface area contributed by atoms with E-state index in [1.54, 1.807) is 12.3 Å². The number of hydrogen-bond acceptors (Lipinski definition) is 8. The van der Waals surface area contributed by atoms with Crippen molar-refractivity contribution in [3.05, 3.63) is 74.1 Å². The number of hydrogen-bond donors (Lipinski definition) is 2. The molecule has 0 radical (unpaired) electrons. The van der Waals surface area contributed by atoms with E-state index >= 15 is 0 Å². The largest absolute Gasteiger partial charge is 0.383 e. The summed E-state index contributed by atoms with van der Waals surface area (Å²) in [6.07, 6.45) is 1.47. The minimum atomic E-state index is -1.48. The lowest BCUT2D eigenvalue weighted by molar-refractivity contribution is 0.0862. The molecule has 176 valence electrons. The second kappa shape index (κ2) is 9.28. The van der Waals surface area contributed by atoms with Crippen LogP contribution in [0.1, 0.15) is 57.4 Å². The fourth-order valence-electron chi connectivity index (χ4n) is 3.27. The van der Waals surface area contributed by atoms with Crippen LogP contribution in [-0.2, 0) is 0 Å². The van der Waals surface area contributed by atoms with Crippen LogP contribution in [0.25, 0.3) is 10.2 Å². The minimum absolute atomic E-state index is 0.0707. The highest BCUT2D eigenvalue weighted by Gasteiger charge is 2.25. The molecule has 0 aliphatic rings. The van der Waals surface area contributed by atoms with Gasteiger partial charge in [-0.15, -0.1) is 22.7 Å². The third-order valence-corrected chi connectivity index (χ3v) is 7.37. The van der Waals surface area contributed by atoms with Crippen LogP contribution in [0.2, 0.25) is 0 Å². The number of nitrogens with zero attached hydrogens (tertiary/aromatic N) is 3. The zero-order chi connectivity index (χ0) is 24.6. The predicted molar refractivity (Wildman–Crippen MR) is 132 cm³/mol. The highest BCUT2D eigenvalue weighted by molar-refractivity contribution is 7.18. The van der Waals surface area contributed by atoms with Crippen LogP contribution in [0, 0.1) is 24.0 Å². The van der Waals surface area contributed by atoms with E-state index in [4.69, 9.17) is 0 Å². The number of carbonyl (C=O) groups excluding carboxylic acids is 1. The first-order chi connectivity index (χ1) is 16.1. The van der Waals surface area contributed by atoms with Crippen LogP contribution in [0.3, 0.4) is 0 Å². The van der Waals surface area contributed by atoms with Gasteiger partial charge >= 0.3 is 0 Å². The number of ketones is 1. The number of halogens is 2. The van der Waals surface area contributed by atoms with Gasteiger partial charge in [0, 0.05) is 10.3 Å². The van der Waals surface area contributed by atoms with Gasteiger partial charge < -0.3 is 5.11 Å². The summed E-state index contributed by atoms with van der Waals surface area (Å²) in [4.78, 5) is 23.3. The standard InChI is InChI=1S/C24H22F2N4O2S2/c1-12-8-17(21(32)24(2,3)4)33-18(12)10-29-30-22-13-9-16(34-23(13)28-11-27-22)20(31)19-14(25)6-5-7-15(19)26/h5-11,20,31H,1-4H3,(H,27,28,30)/b29-10+. The van der Waals surface area contributed by atoms with E-state index < -0.39 is 28.7 Å². The number of aliphatic hydroxyl groups excluding tert-OH is 1. The molecule has 0 spiro atoms. The quantitative estimate of drug-likeness (QED) is 0.190. The molecule has 0 saturated carbocycles. The lowest BCUT2D eigenvalue weighted by atomic mass is 9.90. The van der Waals surface area contributed by atoms with Crippen LogP contribution in [0.5, 0.6) is 0 Å². The molecule has 1 aromatic carbocycles. The highest BCUT2D eigenvalue weighted by atomic mass is 32.1. The average Bonchev–Trinajstić information content (AvgIpc) is 3.36. The van der Waals surface area contributed by atoms with Crippen LogP contribution in [0.15, 0.2) is 41.8 Å². The van der Waals surface area contributed by atoms with Gasteiger partial charge in [0.1, 0.15) is 28.9 Å². The summed E-state index contributed by atoms with van der Waals surface area (Å²) in [6.45, 7) is 7.56. The molecule has 4 aromatic rings. The van der Waals surface area contributed by atoms with Crippen molar-refractivity contribution < 1.29 is 18.7 Å². The van der Waals surface area contributed by atoms with Gasteiger partial charge in [0.05, 0.1) is 26.9 Å². The van der Waals surface area contributed by atoms with Crippen LogP contribution in [0.4, 0.5) is 14.6 Å². The third kappa shape index (κ3) is 4.75. The second-order valence-electron chi connectivity index (χ2n) is 8.73. The average molecular weight is 501 g/mol. The Morgan fingerprint density at radius 3 is 2.56 bits per heavy atom. The van der Waals surface area contributed by atoms with E-state index in [9.17, 15) is 18.7 Å². The SMILES string of the molecule is Cc1cc(C(=O)C(C)(C)C)sc1/C=N/Nc1ncnc2sc(C(O)c3c(F)cccc3F)cc12. The van der Waals surface area contributed by atoms with Gasteiger partial charge in [-0.05, 0) is 36.8 Å². The molecule has 10 heteroatoms. The maximum atomic E-state index is 14.1. The molecule has 1 unspecified atom stereocenters. The smallest absolute Gasteiger partial charge is 0.178 e. The fourth-order valence-corrected chi connectivity index (χ4v) is 5.46. The molecule has 0 amide bonds. The molecular formula is C24H22F2N4O2S2.